The van der Waals surface area contributed by atoms with Crippen molar-refractivity contribution in [3.8, 4) is 0 Å². The summed E-state index contributed by atoms with van der Waals surface area (Å²) in [5.41, 5.74) is 0.949. The Bertz CT molecular complexity index is 359. The van der Waals surface area contributed by atoms with Crippen molar-refractivity contribution < 1.29 is 4.79 Å². The number of aromatic amines is 1. The molecule has 0 bridgehead atoms. The minimum absolute atomic E-state index is 0.0569. The third-order valence-corrected chi connectivity index (χ3v) is 2.34. The number of aryl methyl sites for hydroxylation is 1. The molecule has 2 N–H and O–H groups in total. The molecule has 1 amide bonds. The van der Waals surface area contributed by atoms with Crippen LogP contribution in [-0.4, -0.2) is 16.1 Å². The molecule has 1 aliphatic rings. The van der Waals surface area contributed by atoms with Crippen LogP contribution in [0.5, 0.6) is 0 Å². The first-order valence-corrected chi connectivity index (χ1v) is 4.73. The van der Waals surface area contributed by atoms with Gasteiger partial charge in [-0.05, 0) is 19.8 Å². The van der Waals surface area contributed by atoms with Crippen LogP contribution in [0.3, 0.4) is 0 Å². The molecule has 0 atom stereocenters. The molecule has 0 fully saturated rings. The maximum absolute atomic E-state index is 11.6. The summed E-state index contributed by atoms with van der Waals surface area (Å²) in [7, 11) is 0. The van der Waals surface area contributed by atoms with Crippen molar-refractivity contribution in [2.45, 2.75) is 19.8 Å². The lowest BCUT2D eigenvalue weighted by molar-refractivity contribution is -0.119. The average molecular weight is 191 g/mol. The zero-order chi connectivity index (χ0) is 9.97. The van der Waals surface area contributed by atoms with Gasteiger partial charge in [0.15, 0.2) is 5.82 Å². The number of hydrogen-bond donors (Lipinski definition) is 2. The highest BCUT2D eigenvalue weighted by Gasteiger charge is 2.19. The second-order valence-electron chi connectivity index (χ2n) is 3.57. The van der Waals surface area contributed by atoms with E-state index >= 15 is 0 Å². The largest absolute Gasteiger partial charge is 0.309 e. The van der Waals surface area contributed by atoms with E-state index in [9.17, 15) is 4.79 Å². The fourth-order valence-electron chi connectivity index (χ4n) is 1.54. The van der Waals surface area contributed by atoms with E-state index in [-0.39, 0.29) is 11.8 Å². The zero-order valence-electron chi connectivity index (χ0n) is 8.08. The Balaban J connectivity index is 1.94. The summed E-state index contributed by atoms with van der Waals surface area (Å²) >= 11 is 0. The molecule has 0 aromatic carbocycles. The van der Waals surface area contributed by atoms with Gasteiger partial charge >= 0.3 is 0 Å². The Morgan fingerprint density at radius 2 is 2.29 bits per heavy atom. The summed E-state index contributed by atoms with van der Waals surface area (Å²) in [6, 6.07) is 1.82. The molecule has 0 radical (unpaired) electrons. The number of hydrogen-bond acceptors (Lipinski definition) is 2. The molecule has 1 aromatic rings. The monoisotopic (exact) mass is 191 g/mol. The van der Waals surface area contributed by atoms with Crippen LogP contribution in [0.15, 0.2) is 18.2 Å². The van der Waals surface area contributed by atoms with Crippen molar-refractivity contribution in [2.75, 3.05) is 5.32 Å². The lowest BCUT2D eigenvalue weighted by Crippen LogP contribution is -2.20. The lowest BCUT2D eigenvalue weighted by atomic mass is 10.1. The number of carbonyl (C=O) groups is 1. The highest BCUT2D eigenvalue weighted by Crippen LogP contribution is 2.19. The molecule has 0 aliphatic heterocycles. The highest BCUT2D eigenvalue weighted by atomic mass is 16.1. The van der Waals surface area contributed by atoms with Gasteiger partial charge in [-0.15, -0.1) is 0 Å². The van der Waals surface area contributed by atoms with Crippen molar-refractivity contribution in [1.29, 1.82) is 0 Å². The van der Waals surface area contributed by atoms with Gasteiger partial charge in [0.25, 0.3) is 0 Å². The number of allylic oxidation sites excluding steroid dienone is 2. The molecule has 2 rings (SSSR count). The Labute approximate surface area is 82.4 Å². The molecule has 74 valence electrons. The summed E-state index contributed by atoms with van der Waals surface area (Å²) in [4.78, 5) is 11.6. The van der Waals surface area contributed by atoms with Crippen molar-refractivity contribution in [3.63, 3.8) is 0 Å². The fourth-order valence-corrected chi connectivity index (χ4v) is 1.54. The van der Waals surface area contributed by atoms with Crippen molar-refractivity contribution in [3.05, 3.63) is 23.9 Å². The van der Waals surface area contributed by atoms with Crippen LogP contribution < -0.4 is 5.32 Å². The average Bonchev–Trinajstić information content (AvgIpc) is 2.75. The van der Waals surface area contributed by atoms with Gasteiger partial charge in [-0.1, -0.05) is 12.2 Å². The Hall–Kier alpha value is -1.58. The molecule has 4 heteroatoms. The van der Waals surface area contributed by atoms with Crippen molar-refractivity contribution in [1.82, 2.24) is 10.2 Å². The van der Waals surface area contributed by atoms with Gasteiger partial charge in [0, 0.05) is 17.7 Å². The quantitative estimate of drug-likeness (QED) is 0.698. The van der Waals surface area contributed by atoms with Crippen LogP contribution in [0, 0.1) is 12.8 Å². The van der Waals surface area contributed by atoms with Crippen LogP contribution in [-0.2, 0) is 4.79 Å². The van der Waals surface area contributed by atoms with Gasteiger partial charge < -0.3 is 5.32 Å². The molecular formula is C10H13N3O. The predicted octanol–water partition coefficient (Wildman–Crippen LogP) is 1.62. The van der Waals surface area contributed by atoms with E-state index in [2.05, 4.69) is 15.5 Å². The van der Waals surface area contributed by atoms with Crippen molar-refractivity contribution in [2.24, 2.45) is 5.92 Å². The van der Waals surface area contributed by atoms with E-state index < -0.39 is 0 Å². The predicted molar refractivity (Wildman–Crippen MR) is 53.8 cm³/mol. The first-order chi connectivity index (χ1) is 6.75. The van der Waals surface area contributed by atoms with Gasteiger partial charge in [0.05, 0.1) is 0 Å². The Kier molecular flexibility index (Phi) is 2.35. The molecule has 4 nitrogen and oxygen atoms in total. The SMILES string of the molecule is Cc1cc(NC(=O)C2CC=CC2)n[nH]1. The van der Waals surface area contributed by atoms with E-state index in [1.165, 1.54) is 0 Å². The number of rotatable bonds is 2. The van der Waals surface area contributed by atoms with Gasteiger partial charge in [-0.3, -0.25) is 9.89 Å². The molecule has 1 aliphatic carbocycles. The molecule has 0 saturated heterocycles. The first-order valence-electron chi connectivity index (χ1n) is 4.73. The Morgan fingerprint density at radius 1 is 1.57 bits per heavy atom. The highest BCUT2D eigenvalue weighted by molar-refractivity contribution is 5.92. The van der Waals surface area contributed by atoms with E-state index in [4.69, 9.17) is 0 Å². The summed E-state index contributed by atoms with van der Waals surface area (Å²) in [6.07, 6.45) is 5.77. The second kappa shape index (κ2) is 3.65. The topological polar surface area (TPSA) is 57.8 Å². The van der Waals surface area contributed by atoms with E-state index in [0.29, 0.717) is 5.82 Å². The normalized spacial score (nSPS) is 16.1. The van der Waals surface area contributed by atoms with Crippen molar-refractivity contribution >= 4 is 11.7 Å². The number of carbonyl (C=O) groups excluding carboxylic acids is 1. The van der Waals surface area contributed by atoms with E-state index in [1.54, 1.807) is 0 Å². The number of nitrogens with zero attached hydrogens (tertiary/aromatic N) is 1. The van der Waals surface area contributed by atoms with E-state index in [0.717, 1.165) is 18.5 Å². The molecule has 0 unspecified atom stereocenters. The summed E-state index contributed by atoms with van der Waals surface area (Å²) in [5.74, 6) is 0.757. The molecule has 1 heterocycles. The van der Waals surface area contributed by atoms with Crippen LogP contribution in [0.1, 0.15) is 18.5 Å². The molecule has 0 saturated carbocycles. The zero-order valence-corrected chi connectivity index (χ0v) is 8.08. The summed E-state index contributed by atoms with van der Waals surface area (Å²) < 4.78 is 0. The van der Waals surface area contributed by atoms with Crippen LogP contribution in [0.4, 0.5) is 5.82 Å². The Morgan fingerprint density at radius 3 is 2.86 bits per heavy atom. The van der Waals surface area contributed by atoms with Crippen LogP contribution in [0.2, 0.25) is 0 Å². The maximum atomic E-state index is 11.6. The van der Waals surface area contributed by atoms with E-state index in [1.807, 2.05) is 25.1 Å². The minimum atomic E-state index is 0.0569. The third kappa shape index (κ3) is 1.84. The number of amides is 1. The maximum Gasteiger partial charge on any atom is 0.229 e. The van der Waals surface area contributed by atoms with Gasteiger partial charge in [-0.25, -0.2) is 0 Å². The lowest BCUT2D eigenvalue weighted by Gasteiger charge is -2.07. The van der Waals surface area contributed by atoms with Crippen LogP contribution >= 0.6 is 0 Å². The van der Waals surface area contributed by atoms with Gasteiger partial charge in [0.1, 0.15) is 0 Å². The van der Waals surface area contributed by atoms with Crippen LogP contribution in [0.25, 0.3) is 0 Å². The van der Waals surface area contributed by atoms with Gasteiger partial charge in [-0.2, -0.15) is 5.10 Å². The number of aromatic nitrogens is 2. The number of H-pyrrole nitrogens is 1. The first kappa shape index (κ1) is 8.99. The number of anilines is 1. The van der Waals surface area contributed by atoms with Gasteiger partial charge in [0.2, 0.25) is 5.91 Å². The smallest absolute Gasteiger partial charge is 0.229 e. The fraction of sp³-hybridized carbons (Fsp3) is 0.400. The number of nitrogens with one attached hydrogen (secondary N) is 2. The minimum Gasteiger partial charge on any atom is -0.309 e. The molecule has 0 spiro atoms. The summed E-state index contributed by atoms with van der Waals surface area (Å²) in [5, 5.41) is 9.52. The summed E-state index contributed by atoms with van der Waals surface area (Å²) in [6.45, 7) is 1.90. The molecule has 14 heavy (non-hydrogen) atoms. The standard InChI is InChI=1S/C10H13N3O/c1-7-6-9(13-12-7)11-10(14)8-4-2-3-5-8/h2-3,6,8H,4-5H2,1H3,(H2,11,12,13,14). The molecule has 1 aromatic heterocycles. The molecular weight excluding hydrogens is 178 g/mol. The second-order valence-corrected chi connectivity index (χ2v) is 3.57. The third-order valence-electron chi connectivity index (χ3n) is 2.34.